The average Bonchev–Trinajstić information content (AvgIpc) is 2.20. The molecule has 0 aliphatic rings. The fourth-order valence-corrected chi connectivity index (χ4v) is 1.67. The van der Waals surface area contributed by atoms with Crippen molar-refractivity contribution in [1.82, 2.24) is 0 Å². The van der Waals surface area contributed by atoms with Crippen molar-refractivity contribution < 1.29 is 5.11 Å². The van der Waals surface area contributed by atoms with Crippen LogP contribution >= 0.6 is 15.9 Å². The number of benzene rings is 1. The van der Waals surface area contributed by atoms with Crippen LogP contribution in [0.15, 0.2) is 28.7 Å². The highest BCUT2D eigenvalue weighted by Gasteiger charge is 1.95. The molecule has 0 bridgehead atoms. The van der Waals surface area contributed by atoms with E-state index in [1.807, 2.05) is 18.2 Å². The van der Waals surface area contributed by atoms with E-state index in [1.54, 1.807) is 0 Å². The molecule has 3 heteroatoms. The minimum atomic E-state index is 0.301. The monoisotopic (exact) mass is 257 g/mol. The molecular weight excluding hydrogens is 242 g/mol. The smallest absolute Gasteiger partial charge is 0.0484 e. The van der Waals surface area contributed by atoms with Gasteiger partial charge in [0.2, 0.25) is 0 Å². The van der Waals surface area contributed by atoms with Crippen molar-refractivity contribution in [1.29, 1.82) is 0 Å². The Morgan fingerprint density at radius 2 is 1.93 bits per heavy atom. The van der Waals surface area contributed by atoms with Gasteiger partial charge in [0.05, 0.1) is 0 Å². The van der Waals surface area contributed by atoms with Crippen molar-refractivity contribution in [2.24, 2.45) is 0 Å². The van der Waals surface area contributed by atoms with Crippen LogP contribution in [0.3, 0.4) is 0 Å². The van der Waals surface area contributed by atoms with Gasteiger partial charge in [-0.15, -0.1) is 0 Å². The van der Waals surface area contributed by atoms with E-state index in [-0.39, 0.29) is 0 Å². The molecule has 0 fully saturated rings. The first-order valence-corrected chi connectivity index (χ1v) is 5.73. The van der Waals surface area contributed by atoms with Gasteiger partial charge < -0.3 is 10.4 Å². The van der Waals surface area contributed by atoms with Crippen LogP contribution in [0.5, 0.6) is 0 Å². The molecule has 1 rings (SSSR count). The van der Waals surface area contributed by atoms with Gasteiger partial charge in [0.1, 0.15) is 0 Å². The second kappa shape index (κ2) is 6.85. The van der Waals surface area contributed by atoms with Gasteiger partial charge in [-0.2, -0.15) is 0 Å². The Morgan fingerprint density at radius 3 is 2.64 bits per heavy atom. The number of aliphatic hydroxyl groups is 1. The van der Waals surface area contributed by atoms with Gasteiger partial charge in [0.25, 0.3) is 0 Å². The lowest BCUT2D eigenvalue weighted by molar-refractivity contribution is 0.283. The van der Waals surface area contributed by atoms with Crippen LogP contribution < -0.4 is 5.32 Å². The maximum Gasteiger partial charge on any atom is 0.0484 e. The first-order chi connectivity index (χ1) is 6.84. The number of para-hydroxylation sites is 1. The second-order valence-corrected chi connectivity index (χ2v) is 4.05. The van der Waals surface area contributed by atoms with Crippen LogP contribution in [0.25, 0.3) is 0 Å². The molecule has 0 aromatic heterocycles. The van der Waals surface area contributed by atoms with Crippen LogP contribution in [-0.4, -0.2) is 18.3 Å². The van der Waals surface area contributed by atoms with Crippen molar-refractivity contribution in [2.45, 2.75) is 19.3 Å². The lowest BCUT2D eigenvalue weighted by Crippen LogP contribution is -2.02. The Labute approximate surface area is 93.5 Å². The third-order valence-corrected chi connectivity index (χ3v) is 2.72. The highest BCUT2D eigenvalue weighted by Crippen LogP contribution is 2.20. The standard InChI is InChI=1S/C11H16BrNO/c12-10-6-2-3-7-11(10)13-8-4-1-5-9-14/h2-3,6-7,13-14H,1,4-5,8-9H2. The summed E-state index contributed by atoms with van der Waals surface area (Å²) in [5, 5.41) is 11.9. The molecule has 0 amide bonds. The van der Waals surface area contributed by atoms with Crippen molar-refractivity contribution in [3.63, 3.8) is 0 Å². The highest BCUT2D eigenvalue weighted by atomic mass is 79.9. The molecule has 0 saturated carbocycles. The van der Waals surface area contributed by atoms with Crippen LogP contribution in [0.4, 0.5) is 5.69 Å². The SMILES string of the molecule is OCCCCCNc1ccccc1Br. The quantitative estimate of drug-likeness (QED) is 0.769. The summed E-state index contributed by atoms with van der Waals surface area (Å²) in [4.78, 5) is 0. The molecule has 2 N–H and O–H groups in total. The Hall–Kier alpha value is -0.540. The number of anilines is 1. The lowest BCUT2D eigenvalue weighted by atomic mass is 10.2. The predicted octanol–water partition coefficient (Wildman–Crippen LogP) is 3.02. The second-order valence-electron chi connectivity index (χ2n) is 3.19. The molecule has 1 aromatic rings. The molecule has 0 saturated heterocycles. The Balaban J connectivity index is 2.21. The molecule has 0 aliphatic heterocycles. The van der Waals surface area contributed by atoms with Gasteiger partial charge in [0.15, 0.2) is 0 Å². The van der Waals surface area contributed by atoms with E-state index in [2.05, 4.69) is 27.3 Å². The molecule has 0 aliphatic carbocycles. The molecule has 0 radical (unpaired) electrons. The minimum Gasteiger partial charge on any atom is -0.396 e. The van der Waals surface area contributed by atoms with Gasteiger partial charge >= 0.3 is 0 Å². The zero-order valence-corrected chi connectivity index (χ0v) is 9.76. The van der Waals surface area contributed by atoms with E-state index >= 15 is 0 Å². The van der Waals surface area contributed by atoms with Crippen molar-refractivity contribution in [3.05, 3.63) is 28.7 Å². The maximum atomic E-state index is 8.60. The zero-order chi connectivity index (χ0) is 10.2. The normalized spacial score (nSPS) is 10.1. The van der Waals surface area contributed by atoms with Gasteiger partial charge in [-0.3, -0.25) is 0 Å². The molecular formula is C11H16BrNO. The van der Waals surface area contributed by atoms with E-state index in [4.69, 9.17) is 5.11 Å². The third-order valence-electron chi connectivity index (χ3n) is 2.02. The molecule has 0 atom stereocenters. The van der Waals surface area contributed by atoms with Crippen LogP contribution in [-0.2, 0) is 0 Å². The van der Waals surface area contributed by atoms with E-state index < -0.39 is 0 Å². The Bertz CT molecular complexity index is 265. The molecule has 2 nitrogen and oxygen atoms in total. The summed E-state index contributed by atoms with van der Waals surface area (Å²) in [6.07, 6.45) is 3.08. The van der Waals surface area contributed by atoms with Crippen LogP contribution in [0.2, 0.25) is 0 Å². The number of unbranched alkanes of at least 4 members (excludes halogenated alkanes) is 2. The first-order valence-electron chi connectivity index (χ1n) is 4.94. The molecule has 14 heavy (non-hydrogen) atoms. The molecule has 0 heterocycles. The van der Waals surface area contributed by atoms with Crippen molar-refractivity contribution in [2.75, 3.05) is 18.5 Å². The summed E-state index contributed by atoms with van der Waals surface area (Å²) >= 11 is 3.48. The minimum absolute atomic E-state index is 0.301. The number of halogens is 1. The number of aliphatic hydroxyl groups excluding tert-OH is 1. The summed E-state index contributed by atoms with van der Waals surface area (Å²) in [7, 11) is 0. The van der Waals surface area contributed by atoms with Gasteiger partial charge in [-0.05, 0) is 47.3 Å². The highest BCUT2D eigenvalue weighted by molar-refractivity contribution is 9.10. The summed E-state index contributed by atoms with van der Waals surface area (Å²) in [6.45, 7) is 1.26. The number of hydrogen-bond donors (Lipinski definition) is 2. The van der Waals surface area contributed by atoms with Gasteiger partial charge in [-0.1, -0.05) is 12.1 Å². The van der Waals surface area contributed by atoms with E-state index in [0.29, 0.717) is 6.61 Å². The number of rotatable bonds is 6. The van der Waals surface area contributed by atoms with Crippen LogP contribution in [0, 0.1) is 0 Å². The zero-order valence-electron chi connectivity index (χ0n) is 8.17. The van der Waals surface area contributed by atoms with E-state index in [1.165, 1.54) is 0 Å². The number of hydrogen-bond acceptors (Lipinski definition) is 2. The average molecular weight is 258 g/mol. The summed E-state index contributed by atoms with van der Waals surface area (Å²) in [5.74, 6) is 0. The largest absolute Gasteiger partial charge is 0.396 e. The first kappa shape index (κ1) is 11.5. The molecule has 0 spiro atoms. The predicted molar refractivity (Wildman–Crippen MR) is 63.6 cm³/mol. The fraction of sp³-hybridized carbons (Fsp3) is 0.455. The van der Waals surface area contributed by atoms with Crippen molar-refractivity contribution >= 4 is 21.6 Å². The van der Waals surface area contributed by atoms with Gasteiger partial charge in [-0.25, -0.2) is 0 Å². The maximum absolute atomic E-state index is 8.60. The third kappa shape index (κ3) is 4.11. The number of nitrogens with one attached hydrogen (secondary N) is 1. The molecule has 0 unspecified atom stereocenters. The van der Waals surface area contributed by atoms with Crippen molar-refractivity contribution in [3.8, 4) is 0 Å². The fourth-order valence-electron chi connectivity index (χ4n) is 1.24. The lowest BCUT2D eigenvalue weighted by Gasteiger charge is -2.07. The summed E-state index contributed by atoms with van der Waals surface area (Å²) in [6, 6.07) is 8.09. The van der Waals surface area contributed by atoms with Gasteiger partial charge in [0, 0.05) is 23.3 Å². The summed E-state index contributed by atoms with van der Waals surface area (Å²) < 4.78 is 1.10. The van der Waals surface area contributed by atoms with Crippen LogP contribution in [0.1, 0.15) is 19.3 Å². The van der Waals surface area contributed by atoms with E-state index in [0.717, 1.165) is 36.0 Å². The topological polar surface area (TPSA) is 32.3 Å². The molecule has 1 aromatic carbocycles. The van der Waals surface area contributed by atoms with E-state index in [9.17, 15) is 0 Å². The Morgan fingerprint density at radius 1 is 1.14 bits per heavy atom. The molecule has 78 valence electrons. The Kier molecular flexibility index (Phi) is 5.64. The summed E-state index contributed by atoms with van der Waals surface area (Å²) in [5.41, 5.74) is 1.14.